The number of sulfonamides is 1. The molecule has 0 aromatic carbocycles. The van der Waals surface area contributed by atoms with Gasteiger partial charge in [-0.3, -0.25) is 4.98 Å². The number of imidazole rings is 1. The molecule has 0 spiro atoms. The van der Waals surface area contributed by atoms with Crippen LogP contribution in [0.15, 0.2) is 24.8 Å². The molecule has 0 radical (unpaired) electrons. The van der Waals surface area contributed by atoms with Crippen LogP contribution in [0.2, 0.25) is 0 Å². The van der Waals surface area contributed by atoms with Crippen LogP contribution in [0.1, 0.15) is 18.5 Å². The molecule has 3 rings (SSSR count). The minimum Gasteiger partial charge on any atom is -0.343 e. The van der Waals surface area contributed by atoms with E-state index in [1.54, 1.807) is 29.1 Å². The lowest BCUT2D eigenvalue weighted by Gasteiger charge is -2.30. The number of aromatic nitrogens is 4. The number of hydrogen-bond acceptors (Lipinski definition) is 5. The highest BCUT2D eigenvalue weighted by Gasteiger charge is 2.26. The van der Waals surface area contributed by atoms with Crippen LogP contribution < -0.4 is 0 Å². The molecule has 8 heteroatoms. The maximum absolute atomic E-state index is 11.7. The highest BCUT2D eigenvalue weighted by Crippen LogP contribution is 2.22. The average molecular weight is 321 g/mol. The van der Waals surface area contributed by atoms with Gasteiger partial charge in [-0.2, -0.15) is 0 Å². The fraction of sp³-hybridized carbons (Fsp3) is 0.500. The van der Waals surface area contributed by atoms with Crippen LogP contribution in [0.5, 0.6) is 0 Å². The number of nitrogens with one attached hydrogen (secondary N) is 1. The zero-order valence-corrected chi connectivity index (χ0v) is 13.3. The topological polar surface area (TPSA) is 91.8 Å². The average Bonchev–Trinajstić information content (AvgIpc) is 3.01. The van der Waals surface area contributed by atoms with Crippen molar-refractivity contribution in [1.29, 1.82) is 0 Å². The van der Waals surface area contributed by atoms with Gasteiger partial charge in [0.05, 0.1) is 18.1 Å². The summed E-state index contributed by atoms with van der Waals surface area (Å²) in [5.41, 5.74) is 1.58. The van der Waals surface area contributed by atoms with Crippen molar-refractivity contribution in [2.45, 2.75) is 19.3 Å². The fourth-order valence-corrected chi connectivity index (χ4v) is 3.76. The molecule has 0 bridgehead atoms. The highest BCUT2D eigenvalue weighted by molar-refractivity contribution is 7.88. The maximum atomic E-state index is 11.7. The van der Waals surface area contributed by atoms with Crippen LogP contribution in [0.4, 0.5) is 0 Å². The molecule has 22 heavy (non-hydrogen) atoms. The highest BCUT2D eigenvalue weighted by atomic mass is 32.2. The van der Waals surface area contributed by atoms with Gasteiger partial charge in [0.1, 0.15) is 5.69 Å². The summed E-state index contributed by atoms with van der Waals surface area (Å²) >= 11 is 0. The smallest absolute Gasteiger partial charge is 0.211 e. The molecule has 1 atom stereocenters. The molecule has 1 aliphatic rings. The van der Waals surface area contributed by atoms with E-state index >= 15 is 0 Å². The summed E-state index contributed by atoms with van der Waals surface area (Å²) in [5.74, 6) is 0.973. The van der Waals surface area contributed by atoms with Crippen molar-refractivity contribution in [3.05, 3.63) is 30.5 Å². The Kier molecular flexibility index (Phi) is 4.21. The van der Waals surface area contributed by atoms with Crippen LogP contribution >= 0.6 is 0 Å². The minimum atomic E-state index is -3.11. The number of piperidine rings is 1. The Labute approximate surface area is 129 Å². The third kappa shape index (κ3) is 3.50. The molecule has 2 aromatic heterocycles. The van der Waals surface area contributed by atoms with Gasteiger partial charge in [0.2, 0.25) is 10.0 Å². The van der Waals surface area contributed by atoms with Crippen LogP contribution in [0.3, 0.4) is 0 Å². The molecule has 0 amide bonds. The summed E-state index contributed by atoms with van der Waals surface area (Å²) < 4.78 is 24.9. The molecule has 1 N–H and O–H groups in total. The first kappa shape index (κ1) is 15.1. The van der Waals surface area contributed by atoms with E-state index in [0.717, 1.165) is 25.0 Å². The van der Waals surface area contributed by atoms with Crippen LogP contribution in [0, 0.1) is 5.92 Å². The summed E-state index contributed by atoms with van der Waals surface area (Å²) in [6.45, 7) is 1.18. The largest absolute Gasteiger partial charge is 0.343 e. The van der Waals surface area contributed by atoms with Gasteiger partial charge in [0.15, 0.2) is 5.82 Å². The standard InChI is InChI=1S/C14H19N5O2S/c1-22(20,21)19-6-2-3-11(10-19)7-12-8-15-9-13(18-12)14-16-4-5-17-14/h4-5,8-9,11H,2-3,6-7,10H2,1H3,(H,16,17)/t11-/m0/s1. The molecule has 0 unspecified atom stereocenters. The van der Waals surface area contributed by atoms with E-state index in [2.05, 4.69) is 19.9 Å². The number of H-pyrrole nitrogens is 1. The first-order valence-electron chi connectivity index (χ1n) is 7.28. The van der Waals surface area contributed by atoms with E-state index in [-0.39, 0.29) is 5.92 Å². The third-order valence-corrected chi connectivity index (χ3v) is 5.14. The van der Waals surface area contributed by atoms with Gasteiger partial charge in [-0.1, -0.05) is 0 Å². The molecule has 7 nitrogen and oxygen atoms in total. The molecule has 3 heterocycles. The Bertz CT molecular complexity index is 729. The van der Waals surface area contributed by atoms with Crippen molar-refractivity contribution < 1.29 is 8.42 Å². The van der Waals surface area contributed by atoms with Crippen molar-refractivity contribution in [2.24, 2.45) is 5.92 Å². The van der Waals surface area contributed by atoms with Crippen LogP contribution in [0.25, 0.3) is 11.5 Å². The summed E-state index contributed by atoms with van der Waals surface area (Å²) in [6, 6.07) is 0. The molecule has 1 aliphatic heterocycles. The predicted octanol–water partition coefficient (Wildman–Crippen LogP) is 1.08. The second kappa shape index (κ2) is 6.13. The zero-order chi connectivity index (χ0) is 15.6. The van der Waals surface area contributed by atoms with Gasteiger partial charge < -0.3 is 4.98 Å². The van der Waals surface area contributed by atoms with E-state index < -0.39 is 10.0 Å². The maximum Gasteiger partial charge on any atom is 0.211 e. The monoisotopic (exact) mass is 321 g/mol. The Hall–Kier alpha value is -1.80. The van der Waals surface area contributed by atoms with E-state index in [9.17, 15) is 8.42 Å². The van der Waals surface area contributed by atoms with Crippen molar-refractivity contribution in [3.63, 3.8) is 0 Å². The zero-order valence-electron chi connectivity index (χ0n) is 12.4. The molecule has 0 aliphatic carbocycles. The van der Waals surface area contributed by atoms with Crippen molar-refractivity contribution in [2.75, 3.05) is 19.3 Å². The van der Waals surface area contributed by atoms with Crippen LogP contribution in [-0.2, 0) is 16.4 Å². The lowest BCUT2D eigenvalue weighted by molar-refractivity contribution is 0.265. The molecular formula is C14H19N5O2S. The molecule has 1 saturated heterocycles. The van der Waals surface area contributed by atoms with Gasteiger partial charge in [-0.15, -0.1) is 0 Å². The predicted molar refractivity (Wildman–Crippen MR) is 82.5 cm³/mol. The van der Waals surface area contributed by atoms with Gasteiger partial charge in [0.25, 0.3) is 0 Å². The molecule has 118 valence electrons. The number of aromatic amines is 1. The molecule has 0 saturated carbocycles. The summed E-state index contributed by atoms with van der Waals surface area (Å²) in [5, 5.41) is 0. The summed E-state index contributed by atoms with van der Waals surface area (Å²) in [7, 11) is -3.11. The fourth-order valence-electron chi connectivity index (χ4n) is 2.81. The molecule has 1 fully saturated rings. The molecular weight excluding hydrogens is 302 g/mol. The number of rotatable bonds is 4. The second-order valence-electron chi connectivity index (χ2n) is 5.67. The number of nitrogens with zero attached hydrogens (tertiary/aromatic N) is 4. The van der Waals surface area contributed by atoms with E-state index in [1.807, 2.05) is 0 Å². The van der Waals surface area contributed by atoms with E-state index in [1.165, 1.54) is 6.26 Å². The Morgan fingerprint density at radius 1 is 1.41 bits per heavy atom. The van der Waals surface area contributed by atoms with Crippen molar-refractivity contribution in [1.82, 2.24) is 24.2 Å². The van der Waals surface area contributed by atoms with E-state index in [0.29, 0.717) is 24.6 Å². The summed E-state index contributed by atoms with van der Waals surface area (Å²) in [4.78, 5) is 16.0. The van der Waals surface area contributed by atoms with Gasteiger partial charge >= 0.3 is 0 Å². The van der Waals surface area contributed by atoms with Gasteiger partial charge in [0, 0.05) is 31.7 Å². The normalized spacial score (nSPS) is 20.1. The van der Waals surface area contributed by atoms with Crippen LogP contribution in [-0.4, -0.2) is 52.0 Å². The Morgan fingerprint density at radius 2 is 2.27 bits per heavy atom. The lowest BCUT2D eigenvalue weighted by Crippen LogP contribution is -2.39. The first-order chi connectivity index (χ1) is 10.5. The quantitative estimate of drug-likeness (QED) is 0.910. The third-order valence-electron chi connectivity index (χ3n) is 3.87. The Balaban J connectivity index is 1.72. The SMILES string of the molecule is CS(=O)(=O)N1CCC[C@@H](Cc2cncc(-c3ncc[nH]3)n2)C1. The first-order valence-corrected chi connectivity index (χ1v) is 9.13. The number of hydrogen-bond donors (Lipinski definition) is 1. The molecule has 2 aromatic rings. The van der Waals surface area contributed by atoms with Gasteiger partial charge in [-0.05, 0) is 25.2 Å². The van der Waals surface area contributed by atoms with Gasteiger partial charge in [-0.25, -0.2) is 22.7 Å². The minimum absolute atomic E-state index is 0.282. The van der Waals surface area contributed by atoms with Crippen molar-refractivity contribution >= 4 is 10.0 Å². The van der Waals surface area contributed by atoms with E-state index in [4.69, 9.17) is 0 Å². The lowest BCUT2D eigenvalue weighted by atomic mass is 9.95. The Morgan fingerprint density at radius 3 is 3.00 bits per heavy atom. The van der Waals surface area contributed by atoms with Crippen molar-refractivity contribution in [3.8, 4) is 11.5 Å². The second-order valence-corrected chi connectivity index (χ2v) is 7.65. The summed E-state index contributed by atoms with van der Waals surface area (Å²) in [6.07, 6.45) is 10.7.